The second kappa shape index (κ2) is 3.36. The van der Waals surface area contributed by atoms with Crippen LogP contribution >= 0.6 is 0 Å². The number of hydrogen-bond donors (Lipinski definition) is 0. The fraction of sp³-hybridized carbons (Fsp3) is 0.833. The number of allylic oxidation sites excluding steroid dienone is 1. The van der Waals surface area contributed by atoms with Crippen LogP contribution in [0.15, 0.2) is 12.3 Å². The van der Waals surface area contributed by atoms with Gasteiger partial charge >= 0.3 is 0 Å². The van der Waals surface area contributed by atoms with Gasteiger partial charge in [-0.05, 0) is 18.3 Å². The van der Waals surface area contributed by atoms with Crippen molar-refractivity contribution in [1.29, 1.82) is 0 Å². The number of hydrogen-bond acceptors (Lipinski definition) is 1. The topological polar surface area (TPSA) is 3.24 Å². The Morgan fingerprint density at radius 3 is 1.85 bits per heavy atom. The Labute approximate surface area is 82.8 Å². The fourth-order valence-electron chi connectivity index (χ4n) is 2.90. The average Bonchev–Trinajstić information content (AvgIpc) is 2.30. The normalized spacial score (nSPS) is 22.1. The minimum absolute atomic E-state index is 0.356. The molecule has 0 aromatic carbocycles. The average molecular weight is 181 g/mol. The maximum absolute atomic E-state index is 4.26. The third-order valence-corrected chi connectivity index (χ3v) is 3.92. The Hall–Kier alpha value is -0.460. The minimum Gasteiger partial charge on any atom is -0.378 e. The van der Waals surface area contributed by atoms with Crippen LogP contribution in [0.25, 0.3) is 0 Å². The molecule has 0 bridgehead atoms. The van der Waals surface area contributed by atoms with E-state index in [1.54, 1.807) is 0 Å². The van der Waals surface area contributed by atoms with Gasteiger partial charge in [0.15, 0.2) is 0 Å². The van der Waals surface area contributed by atoms with E-state index in [0.717, 1.165) is 0 Å². The molecule has 0 amide bonds. The van der Waals surface area contributed by atoms with E-state index in [0.29, 0.717) is 17.3 Å². The van der Waals surface area contributed by atoms with E-state index in [2.05, 4.69) is 46.2 Å². The molecule has 1 aliphatic heterocycles. The Balaban J connectivity index is 2.99. The van der Waals surface area contributed by atoms with Crippen molar-refractivity contribution in [2.45, 2.75) is 34.1 Å². The van der Waals surface area contributed by atoms with Gasteiger partial charge in [-0.15, -0.1) is 0 Å². The largest absolute Gasteiger partial charge is 0.378 e. The Kier molecular flexibility index (Phi) is 2.74. The summed E-state index contributed by atoms with van der Waals surface area (Å²) in [7, 11) is 2.16. The quantitative estimate of drug-likeness (QED) is 0.632. The molecule has 0 unspecified atom stereocenters. The standard InChI is InChI=1S/C12H23N/c1-9(2)12(10(3)4)7-8-13(6)11(12)5/h9-10H,5,7-8H2,1-4,6H3. The molecule has 0 atom stereocenters. The molecule has 1 fully saturated rings. The maximum atomic E-state index is 4.26. The molecular formula is C12H23N. The van der Waals surface area contributed by atoms with Crippen LogP contribution in [0, 0.1) is 17.3 Å². The van der Waals surface area contributed by atoms with Crippen molar-refractivity contribution in [1.82, 2.24) is 4.90 Å². The van der Waals surface area contributed by atoms with E-state index in [1.807, 2.05) is 0 Å². The van der Waals surface area contributed by atoms with E-state index in [1.165, 1.54) is 18.7 Å². The van der Waals surface area contributed by atoms with Crippen LogP contribution in [0.3, 0.4) is 0 Å². The molecule has 0 spiro atoms. The first kappa shape index (κ1) is 10.6. The van der Waals surface area contributed by atoms with Gasteiger partial charge < -0.3 is 4.90 Å². The van der Waals surface area contributed by atoms with Crippen LogP contribution in [0.5, 0.6) is 0 Å². The fourth-order valence-corrected chi connectivity index (χ4v) is 2.90. The lowest BCUT2D eigenvalue weighted by atomic mass is 9.67. The van der Waals surface area contributed by atoms with Crippen molar-refractivity contribution in [3.8, 4) is 0 Å². The highest BCUT2D eigenvalue weighted by Gasteiger charge is 2.44. The van der Waals surface area contributed by atoms with Gasteiger partial charge in [0, 0.05) is 24.7 Å². The first-order chi connectivity index (χ1) is 5.93. The van der Waals surface area contributed by atoms with Gasteiger partial charge in [0.05, 0.1) is 0 Å². The van der Waals surface area contributed by atoms with Crippen LogP contribution < -0.4 is 0 Å². The first-order valence-electron chi connectivity index (χ1n) is 5.33. The molecule has 1 heterocycles. The summed E-state index contributed by atoms with van der Waals surface area (Å²) in [6.45, 7) is 14.7. The molecule has 1 heteroatoms. The molecule has 0 saturated carbocycles. The van der Waals surface area contributed by atoms with Crippen molar-refractivity contribution in [2.24, 2.45) is 17.3 Å². The first-order valence-corrected chi connectivity index (χ1v) is 5.33. The zero-order chi connectivity index (χ0) is 10.2. The van der Waals surface area contributed by atoms with Crippen molar-refractivity contribution < 1.29 is 0 Å². The highest BCUT2D eigenvalue weighted by molar-refractivity contribution is 5.16. The van der Waals surface area contributed by atoms with Gasteiger partial charge in [0.1, 0.15) is 0 Å². The lowest BCUT2D eigenvalue weighted by Crippen LogP contribution is -2.33. The minimum atomic E-state index is 0.356. The van der Waals surface area contributed by atoms with Crippen LogP contribution in [0.2, 0.25) is 0 Å². The van der Waals surface area contributed by atoms with E-state index in [-0.39, 0.29) is 0 Å². The monoisotopic (exact) mass is 181 g/mol. The molecule has 1 aliphatic rings. The lowest BCUT2D eigenvalue weighted by Gasteiger charge is -2.39. The highest BCUT2D eigenvalue weighted by atomic mass is 15.1. The van der Waals surface area contributed by atoms with Gasteiger partial charge in [0.2, 0.25) is 0 Å². The van der Waals surface area contributed by atoms with Gasteiger partial charge in [-0.2, -0.15) is 0 Å². The lowest BCUT2D eigenvalue weighted by molar-refractivity contribution is 0.167. The van der Waals surface area contributed by atoms with Gasteiger partial charge in [-0.1, -0.05) is 34.3 Å². The third kappa shape index (κ3) is 1.38. The predicted molar refractivity (Wildman–Crippen MR) is 58.5 cm³/mol. The molecule has 76 valence electrons. The summed E-state index contributed by atoms with van der Waals surface area (Å²) in [6, 6.07) is 0. The number of rotatable bonds is 2. The van der Waals surface area contributed by atoms with Gasteiger partial charge in [-0.25, -0.2) is 0 Å². The smallest absolute Gasteiger partial charge is 0.0181 e. The van der Waals surface area contributed by atoms with E-state index < -0.39 is 0 Å². The van der Waals surface area contributed by atoms with E-state index >= 15 is 0 Å². The molecule has 1 nitrogen and oxygen atoms in total. The van der Waals surface area contributed by atoms with Crippen molar-refractivity contribution in [2.75, 3.05) is 13.6 Å². The molecule has 0 aromatic rings. The summed E-state index contributed by atoms with van der Waals surface area (Å²) < 4.78 is 0. The summed E-state index contributed by atoms with van der Waals surface area (Å²) >= 11 is 0. The van der Waals surface area contributed by atoms with Crippen LogP contribution in [-0.4, -0.2) is 18.5 Å². The number of nitrogens with zero attached hydrogens (tertiary/aromatic N) is 1. The number of likely N-dealkylation sites (tertiary alicyclic amines) is 1. The van der Waals surface area contributed by atoms with Crippen LogP contribution in [-0.2, 0) is 0 Å². The predicted octanol–water partition coefficient (Wildman–Crippen LogP) is 3.13. The Morgan fingerprint density at radius 1 is 1.23 bits per heavy atom. The second-order valence-corrected chi connectivity index (χ2v) is 4.97. The van der Waals surface area contributed by atoms with Crippen LogP contribution in [0.1, 0.15) is 34.1 Å². The molecule has 0 radical (unpaired) electrons. The summed E-state index contributed by atoms with van der Waals surface area (Å²) in [5, 5.41) is 0. The summed E-state index contributed by atoms with van der Waals surface area (Å²) in [4.78, 5) is 2.32. The molecular weight excluding hydrogens is 158 g/mol. The molecule has 1 saturated heterocycles. The Bertz CT molecular complexity index is 195. The van der Waals surface area contributed by atoms with E-state index in [9.17, 15) is 0 Å². The zero-order valence-corrected chi connectivity index (χ0v) is 9.72. The molecule has 0 aromatic heterocycles. The summed E-state index contributed by atoms with van der Waals surface area (Å²) in [5.74, 6) is 1.40. The second-order valence-electron chi connectivity index (χ2n) is 4.97. The van der Waals surface area contributed by atoms with Crippen molar-refractivity contribution in [3.63, 3.8) is 0 Å². The van der Waals surface area contributed by atoms with Crippen LogP contribution in [0.4, 0.5) is 0 Å². The summed E-state index contributed by atoms with van der Waals surface area (Å²) in [5.41, 5.74) is 1.70. The molecule has 0 aliphatic carbocycles. The van der Waals surface area contributed by atoms with Gasteiger partial charge in [-0.3, -0.25) is 0 Å². The van der Waals surface area contributed by atoms with Crippen molar-refractivity contribution >= 4 is 0 Å². The van der Waals surface area contributed by atoms with Crippen molar-refractivity contribution in [3.05, 3.63) is 12.3 Å². The molecule has 1 rings (SSSR count). The highest BCUT2D eigenvalue weighted by Crippen LogP contribution is 2.49. The Morgan fingerprint density at radius 2 is 1.69 bits per heavy atom. The summed E-state index contributed by atoms with van der Waals surface area (Å²) in [6.07, 6.45) is 1.28. The maximum Gasteiger partial charge on any atom is 0.0181 e. The zero-order valence-electron chi connectivity index (χ0n) is 9.72. The molecule has 13 heavy (non-hydrogen) atoms. The van der Waals surface area contributed by atoms with E-state index in [4.69, 9.17) is 0 Å². The molecule has 0 N–H and O–H groups in total. The van der Waals surface area contributed by atoms with Gasteiger partial charge in [0.25, 0.3) is 0 Å². The SMILES string of the molecule is C=C1N(C)CCC1(C(C)C)C(C)C. The third-order valence-electron chi connectivity index (χ3n) is 3.92.